The fourth-order valence-electron chi connectivity index (χ4n) is 2.55. The number of ether oxygens (including phenoxy) is 2. The molecule has 1 N–H and O–H groups in total. The van der Waals surface area contributed by atoms with E-state index in [9.17, 15) is 14.4 Å². The van der Waals surface area contributed by atoms with Crippen LogP contribution in [0.3, 0.4) is 0 Å². The Morgan fingerprint density at radius 1 is 1.20 bits per heavy atom. The number of anilines is 1. The number of nitrogens with zero attached hydrogens (tertiary/aromatic N) is 1. The first-order valence-electron chi connectivity index (χ1n) is 8.96. The molecule has 1 aromatic carbocycles. The van der Waals surface area contributed by atoms with Crippen LogP contribution >= 0.6 is 34.5 Å². The minimum atomic E-state index is -0.613. The molecule has 0 saturated heterocycles. The molecule has 0 bridgehead atoms. The summed E-state index contributed by atoms with van der Waals surface area (Å²) in [5.41, 5.74) is 0.659. The van der Waals surface area contributed by atoms with Gasteiger partial charge in [0.1, 0.15) is 10.8 Å². The van der Waals surface area contributed by atoms with Crippen LogP contribution in [0.2, 0.25) is 10.0 Å². The number of hydrogen-bond acceptors (Lipinski definition) is 6. The Morgan fingerprint density at radius 2 is 1.90 bits per heavy atom. The van der Waals surface area contributed by atoms with E-state index in [2.05, 4.69) is 5.32 Å². The lowest BCUT2D eigenvalue weighted by Crippen LogP contribution is -2.21. The molecule has 0 spiro atoms. The summed E-state index contributed by atoms with van der Waals surface area (Å²) in [7, 11) is 4.48. The van der Waals surface area contributed by atoms with Gasteiger partial charge in [-0.2, -0.15) is 0 Å². The van der Waals surface area contributed by atoms with Crippen molar-refractivity contribution >= 4 is 57.3 Å². The van der Waals surface area contributed by atoms with Crippen LogP contribution in [0.15, 0.2) is 18.2 Å². The third-order valence-corrected chi connectivity index (χ3v) is 5.82. The zero-order valence-electron chi connectivity index (χ0n) is 17.0. The molecule has 2 aromatic rings. The number of halogens is 2. The normalized spacial score (nSPS) is 10.5. The van der Waals surface area contributed by atoms with E-state index >= 15 is 0 Å². The highest BCUT2D eigenvalue weighted by Gasteiger charge is 2.26. The molecule has 1 heterocycles. The number of rotatable bonds is 8. The Bertz CT molecular complexity index is 959. The van der Waals surface area contributed by atoms with Gasteiger partial charge in [0.05, 0.1) is 29.2 Å². The number of methoxy groups -OCH3 is 1. The average molecular weight is 473 g/mol. The molecule has 0 aliphatic rings. The SMILES string of the molecule is COC(=O)c1c(NC(=O)CCCOc2ccc(Cl)cc2Cl)sc(C(=O)N(C)C)c1C. The second kappa shape index (κ2) is 10.7. The van der Waals surface area contributed by atoms with Crippen molar-refractivity contribution in [2.24, 2.45) is 0 Å². The molecule has 0 saturated carbocycles. The van der Waals surface area contributed by atoms with Gasteiger partial charge in [-0.15, -0.1) is 11.3 Å². The fourth-order valence-corrected chi connectivity index (χ4v) is 4.25. The van der Waals surface area contributed by atoms with E-state index in [0.29, 0.717) is 32.7 Å². The van der Waals surface area contributed by atoms with Crippen molar-refractivity contribution in [3.63, 3.8) is 0 Å². The van der Waals surface area contributed by atoms with Gasteiger partial charge < -0.3 is 19.7 Å². The van der Waals surface area contributed by atoms with Crippen LogP contribution in [0, 0.1) is 6.92 Å². The van der Waals surface area contributed by atoms with Gasteiger partial charge in [-0.05, 0) is 37.1 Å². The fraction of sp³-hybridized carbons (Fsp3) is 0.350. The minimum Gasteiger partial charge on any atom is -0.492 e. The summed E-state index contributed by atoms with van der Waals surface area (Å²) < 4.78 is 10.4. The van der Waals surface area contributed by atoms with Crippen LogP contribution in [0.4, 0.5) is 5.00 Å². The van der Waals surface area contributed by atoms with Crippen LogP contribution in [0.1, 0.15) is 38.4 Å². The van der Waals surface area contributed by atoms with Crippen LogP contribution in [0.5, 0.6) is 5.75 Å². The quantitative estimate of drug-likeness (QED) is 0.446. The van der Waals surface area contributed by atoms with Crippen molar-refractivity contribution in [3.8, 4) is 5.75 Å². The molecule has 0 unspecified atom stereocenters. The van der Waals surface area contributed by atoms with Gasteiger partial charge in [0.2, 0.25) is 5.91 Å². The van der Waals surface area contributed by atoms with E-state index < -0.39 is 5.97 Å². The van der Waals surface area contributed by atoms with Gasteiger partial charge in [-0.25, -0.2) is 4.79 Å². The molecule has 10 heteroatoms. The predicted octanol–water partition coefficient (Wildman–Crippen LogP) is 4.65. The van der Waals surface area contributed by atoms with E-state index in [0.717, 1.165) is 11.3 Å². The third kappa shape index (κ3) is 5.87. The summed E-state index contributed by atoms with van der Waals surface area (Å²) in [5, 5.41) is 3.89. The molecule has 0 radical (unpaired) electrons. The van der Waals surface area contributed by atoms with Crippen LogP contribution < -0.4 is 10.1 Å². The highest BCUT2D eigenvalue weighted by atomic mass is 35.5. The molecule has 0 aliphatic carbocycles. The van der Waals surface area contributed by atoms with E-state index in [1.54, 1.807) is 39.2 Å². The Kier molecular flexibility index (Phi) is 8.52. The molecule has 0 atom stereocenters. The topological polar surface area (TPSA) is 84.9 Å². The number of amides is 2. The smallest absolute Gasteiger partial charge is 0.341 e. The van der Waals surface area contributed by atoms with E-state index in [1.165, 1.54) is 12.0 Å². The zero-order chi connectivity index (χ0) is 22.4. The largest absolute Gasteiger partial charge is 0.492 e. The highest BCUT2D eigenvalue weighted by Crippen LogP contribution is 2.34. The molecule has 2 rings (SSSR count). The van der Waals surface area contributed by atoms with Crippen LogP contribution in [-0.4, -0.2) is 50.5 Å². The van der Waals surface area contributed by atoms with E-state index in [-0.39, 0.29) is 35.4 Å². The molecular weight excluding hydrogens is 451 g/mol. The van der Waals surface area contributed by atoms with E-state index in [4.69, 9.17) is 32.7 Å². The lowest BCUT2D eigenvalue weighted by Gasteiger charge is -2.09. The number of benzene rings is 1. The van der Waals surface area contributed by atoms with Crippen molar-refractivity contribution in [3.05, 3.63) is 44.2 Å². The Morgan fingerprint density at radius 3 is 2.50 bits per heavy atom. The molecule has 1 aromatic heterocycles. The maximum atomic E-state index is 12.4. The summed E-state index contributed by atoms with van der Waals surface area (Å²) in [6, 6.07) is 4.89. The molecule has 30 heavy (non-hydrogen) atoms. The monoisotopic (exact) mass is 472 g/mol. The van der Waals surface area contributed by atoms with Crippen LogP contribution in [-0.2, 0) is 9.53 Å². The summed E-state index contributed by atoms with van der Waals surface area (Å²) in [4.78, 5) is 38.7. The Labute approximate surface area is 188 Å². The van der Waals surface area contributed by atoms with Crippen molar-refractivity contribution in [1.82, 2.24) is 4.90 Å². The number of thiophene rings is 1. The van der Waals surface area contributed by atoms with Gasteiger partial charge in [-0.1, -0.05) is 23.2 Å². The number of carbonyl (C=O) groups is 3. The minimum absolute atomic E-state index is 0.153. The predicted molar refractivity (Wildman–Crippen MR) is 118 cm³/mol. The highest BCUT2D eigenvalue weighted by molar-refractivity contribution is 7.18. The van der Waals surface area contributed by atoms with Gasteiger partial charge >= 0.3 is 5.97 Å². The van der Waals surface area contributed by atoms with Crippen molar-refractivity contribution in [1.29, 1.82) is 0 Å². The van der Waals surface area contributed by atoms with Gasteiger partial charge in [0, 0.05) is 25.5 Å². The second-order valence-corrected chi connectivity index (χ2v) is 8.39. The number of esters is 1. The average Bonchev–Trinajstić information content (AvgIpc) is 3.00. The number of hydrogen-bond donors (Lipinski definition) is 1. The molecule has 0 fully saturated rings. The first kappa shape index (κ1) is 24.0. The van der Waals surface area contributed by atoms with Crippen molar-refractivity contribution in [2.75, 3.05) is 33.1 Å². The molecular formula is C20H22Cl2N2O5S. The molecule has 0 aliphatic heterocycles. The van der Waals surface area contributed by atoms with Gasteiger partial charge in [0.25, 0.3) is 5.91 Å². The zero-order valence-corrected chi connectivity index (χ0v) is 19.3. The Hall–Kier alpha value is -2.29. The standard InChI is InChI=1S/C20H22Cl2N2O5S/c1-11-16(20(27)28-4)18(30-17(11)19(26)24(2)3)23-15(25)6-5-9-29-14-8-7-12(21)10-13(14)22/h7-8,10H,5-6,9H2,1-4H3,(H,23,25). The molecule has 2 amide bonds. The second-order valence-electron chi connectivity index (χ2n) is 6.53. The summed E-state index contributed by atoms with van der Waals surface area (Å²) in [6.07, 6.45) is 0.575. The third-order valence-electron chi connectivity index (χ3n) is 4.09. The number of carbonyl (C=O) groups excluding carboxylic acids is 3. The van der Waals surface area contributed by atoms with Gasteiger partial charge in [-0.3, -0.25) is 9.59 Å². The van der Waals surface area contributed by atoms with Crippen molar-refractivity contribution in [2.45, 2.75) is 19.8 Å². The Balaban J connectivity index is 2.02. The van der Waals surface area contributed by atoms with Gasteiger partial charge in [0.15, 0.2) is 0 Å². The number of nitrogens with one attached hydrogen (secondary N) is 1. The lowest BCUT2D eigenvalue weighted by atomic mass is 10.1. The van der Waals surface area contributed by atoms with E-state index in [1.807, 2.05) is 0 Å². The first-order chi connectivity index (χ1) is 14.1. The maximum Gasteiger partial charge on any atom is 0.341 e. The van der Waals surface area contributed by atoms with Crippen molar-refractivity contribution < 1.29 is 23.9 Å². The lowest BCUT2D eigenvalue weighted by molar-refractivity contribution is -0.116. The summed E-state index contributed by atoms with van der Waals surface area (Å²) in [6.45, 7) is 1.92. The summed E-state index contributed by atoms with van der Waals surface area (Å²) >= 11 is 12.9. The summed E-state index contributed by atoms with van der Waals surface area (Å²) in [5.74, 6) is -0.694. The molecule has 162 valence electrons. The maximum absolute atomic E-state index is 12.4. The first-order valence-corrected chi connectivity index (χ1v) is 10.5. The molecule has 7 nitrogen and oxygen atoms in total. The van der Waals surface area contributed by atoms with Crippen LogP contribution in [0.25, 0.3) is 0 Å².